The van der Waals surface area contributed by atoms with E-state index in [1.165, 1.54) is 10.8 Å². The van der Waals surface area contributed by atoms with Crippen LogP contribution < -0.4 is 11.2 Å². The molecule has 1 aliphatic rings. The Kier molecular flexibility index (Phi) is 3.59. The van der Waals surface area contributed by atoms with Crippen LogP contribution >= 0.6 is 0 Å². The van der Waals surface area contributed by atoms with Crippen molar-refractivity contribution in [2.24, 2.45) is 11.8 Å². The third-order valence-electron chi connectivity index (χ3n) is 3.94. The lowest BCUT2D eigenvalue weighted by Gasteiger charge is -2.33. The predicted molar refractivity (Wildman–Crippen MR) is 69.5 cm³/mol. The fourth-order valence-electron chi connectivity index (χ4n) is 2.95. The van der Waals surface area contributed by atoms with Gasteiger partial charge in [0, 0.05) is 12.2 Å². The molecule has 0 aliphatic heterocycles. The van der Waals surface area contributed by atoms with Crippen molar-refractivity contribution in [3.8, 4) is 0 Å². The van der Waals surface area contributed by atoms with Crippen molar-refractivity contribution in [1.82, 2.24) is 9.55 Å². The monoisotopic (exact) mass is 266 g/mol. The summed E-state index contributed by atoms with van der Waals surface area (Å²) in [6.07, 6.45) is 4.01. The van der Waals surface area contributed by atoms with Crippen molar-refractivity contribution in [3.05, 3.63) is 32.6 Å². The highest BCUT2D eigenvalue weighted by Crippen LogP contribution is 2.35. The van der Waals surface area contributed by atoms with Gasteiger partial charge in [-0.15, -0.1) is 0 Å². The molecule has 1 saturated carbocycles. The average Bonchev–Trinajstić information content (AvgIpc) is 2.30. The second kappa shape index (κ2) is 5.03. The van der Waals surface area contributed by atoms with Crippen molar-refractivity contribution in [3.63, 3.8) is 0 Å². The summed E-state index contributed by atoms with van der Waals surface area (Å²) in [6.45, 7) is 4.23. The number of H-pyrrole nitrogens is 1. The Labute approximate surface area is 110 Å². The lowest BCUT2D eigenvalue weighted by Crippen LogP contribution is -2.38. The first-order chi connectivity index (χ1) is 8.90. The molecule has 1 heterocycles. The molecule has 6 heteroatoms. The van der Waals surface area contributed by atoms with E-state index in [9.17, 15) is 14.4 Å². The number of rotatable bonds is 2. The van der Waals surface area contributed by atoms with Gasteiger partial charge in [-0.05, 0) is 31.1 Å². The van der Waals surface area contributed by atoms with Gasteiger partial charge in [0.15, 0.2) is 0 Å². The Balaban J connectivity index is 2.45. The minimum Gasteiger partial charge on any atom is -0.477 e. The van der Waals surface area contributed by atoms with Gasteiger partial charge in [-0.25, -0.2) is 9.59 Å². The lowest BCUT2D eigenvalue weighted by atomic mass is 9.80. The Morgan fingerprint density at radius 1 is 1.37 bits per heavy atom. The topological polar surface area (TPSA) is 92.2 Å². The van der Waals surface area contributed by atoms with Crippen molar-refractivity contribution in [2.75, 3.05) is 0 Å². The van der Waals surface area contributed by atoms with Crippen LogP contribution in [0.1, 0.15) is 49.5 Å². The third kappa shape index (κ3) is 2.62. The first-order valence-electron chi connectivity index (χ1n) is 6.49. The van der Waals surface area contributed by atoms with Gasteiger partial charge in [0.05, 0.1) is 0 Å². The van der Waals surface area contributed by atoms with E-state index in [2.05, 4.69) is 18.8 Å². The van der Waals surface area contributed by atoms with Crippen molar-refractivity contribution in [2.45, 2.75) is 39.2 Å². The van der Waals surface area contributed by atoms with Crippen LogP contribution in [0.5, 0.6) is 0 Å². The third-order valence-corrected chi connectivity index (χ3v) is 3.94. The summed E-state index contributed by atoms with van der Waals surface area (Å²) in [7, 11) is 0. The van der Waals surface area contributed by atoms with Gasteiger partial charge in [0.2, 0.25) is 0 Å². The second-order valence-electron chi connectivity index (χ2n) is 5.48. The van der Waals surface area contributed by atoms with Gasteiger partial charge in [0.25, 0.3) is 5.56 Å². The molecular weight excluding hydrogens is 248 g/mol. The number of carboxylic acid groups (broad SMARTS) is 1. The lowest BCUT2D eigenvalue weighted by molar-refractivity contribution is 0.0692. The molecule has 2 N–H and O–H groups in total. The first kappa shape index (κ1) is 13.6. The molecule has 6 nitrogen and oxygen atoms in total. The fourth-order valence-corrected chi connectivity index (χ4v) is 2.95. The molecule has 0 spiro atoms. The Bertz CT molecular complexity index is 601. The highest BCUT2D eigenvalue weighted by atomic mass is 16.4. The van der Waals surface area contributed by atoms with E-state index in [1.54, 1.807) is 0 Å². The van der Waals surface area contributed by atoms with Crippen LogP contribution in [0.4, 0.5) is 0 Å². The quantitative estimate of drug-likeness (QED) is 0.842. The zero-order valence-electron chi connectivity index (χ0n) is 11.0. The van der Waals surface area contributed by atoms with E-state index in [0.717, 1.165) is 19.3 Å². The Hall–Kier alpha value is -1.85. The molecule has 1 aromatic heterocycles. The minimum atomic E-state index is -1.31. The summed E-state index contributed by atoms with van der Waals surface area (Å²) >= 11 is 0. The molecule has 0 saturated heterocycles. The zero-order valence-corrected chi connectivity index (χ0v) is 11.0. The van der Waals surface area contributed by atoms with Crippen LogP contribution in [0.15, 0.2) is 15.8 Å². The van der Waals surface area contributed by atoms with Crippen molar-refractivity contribution >= 4 is 5.97 Å². The van der Waals surface area contributed by atoms with Gasteiger partial charge in [-0.1, -0.05) is 13.8 Å². The molecule has 1 aliphatic carbocycles. The zero-order chi connectivity index (χ0) is 14.2. The molecule has 1 aromatic rings. The van der Waals surface area contributed by atoms with E-state index >= 15 is 0 Å². The average molecular weight is 266 g/mol. The standard InChI is InChI=1S/C13H18N2O4/c1-7-3-4-10(8(2)5-7)15-6-9(12(17)18)11(16)14-13(15)19/h6-8,10H,3-5H2,1-2H3,(H,17,18)(H,14,16,19). The van der Waals surface area contributed by atoms with Gasteiger partial charge in [-0.2, -0.15) is 0 Å². The highest BCUT2D eigenvalue weighted by Gasteiger charge is 2.28. The maximum Gasteiger partial charge on any atom is 0.342 e. The van der Waals surface area contributed by atoms with Crippen molar-refractivity contribution in [1.29, 1.82) is 0 Å². The Morgan fingerprint density at radius 2 is 2.05 bits per heavy atom. The first-order valence-corrected chi connectivity index (χ1v) is 6.49. The molecule has 104 valence electrons. The van der Waals surface area contributed by atoms with Gasteiger partial charge < -0.3 is 5.11 Å². The molecule has 0 radical (unpaired) electrons. The van der Waals surface area contributed by atoms with Crippen LogP contribution in [-0.4, -0.2) is 20.6 Å². The normalized spacial score (nSPS) is 27.2. The number of carbonyl (C=O) groups is 1. The smallest absolute Gasteiger partial charge is 0.342 e. The maximum absolute atomic E-state index is 11.9. The highest BCUT2D eigenvalue weighted by molar-refractivity contribution is 5.86. The summed E-state index contributed by atoms with van der Waals surface area (Å²) in [5, 5.41) is 8.95. The molecule has 0 amide bonds. The van der Waals surface area contributed by atoms with E-state index in [-0.39, 0.29) is 17.5 Å². The van der Waals surface area contributed by atoms with E-state index in [0.29, 0.717) is 5.92 Å². The van der Waals surface area contributed by atoms with Gasteiger partial charge in [0.1, 0.15) is 5.56 Å². The van der Waals surface area contributed by atoms with E-state index in [1.807, 2.05) is 0 Å². The number of aromatic nitrogens is 2. The summed E-state index contributed by atoms with van der Waals surface area (Å²) < 4.78 is 1.38. The predicted octanol–water partition coefficient (Wildman–Crippen LogP) is 1.23. The number of carboxylic acids is 1. The fraction of sp³-hybridized carbons (Fsp3) is 0.615. The molecule has 0 aromatic carbocycles. The molecular formula is C13H18N2O4. The van der Waals surface area contributed by atoms with E-state index < -0.39 is 17.2 Å². The van der Waals surface area contributed by atoms with Crippen molar-refractivity contribution < 1.29 is 9.90 Å². The Morgan fingerprint density at radius 3 is 2.63 bits per heavy atom. The molecule has 1 fully saturated rings. The maximum atomic E-state index is 11.9. The number of aromatic amines is 1. The number of nitrogens with zero attached hydrogens (tertiary/aromatic N) is 1. The summed E-state index contributed by atoms with van der Waals surface area (Å²) in [4.78, 5) is 36.3. The van der Waals surface area contributed by atoms with E-state index in [4.69, 9.17) is 5.11 Å². The molecule has 0 bridgehead atoms. The van der Waals surface area contributed by atoms with Crippen LogP contribution in [0.2, 0.25) is 0 Å². The SMILES string of the molecule is CC1CCC(n2cc(C(=O)O)c(=O)[nH]c2=O)C(C)C1. The number of hydrogen-bond acceptors (Lipinski definition) is 3. The van der Waals surface area contributed by atoms with Gasteiger partial charge in [-0.3, -0.25) is 14.3 Å². The summed E-state index contributed by atoms with van der Waals surface area (Å²) in [6, 6.07) is -0.0429. The number of hydrogen-bond donors (Lipinski definition) is 2. The van der Waals surface area contributed by atoms with Crippen LogP contribution in [-0.2, 0) is 0 Å². The molecule has 19 heavy (non-hydrogen) atoms. The van der Waals surface area contributed by atoms with Crippen LogP contribution in [0.3, 0.4) is 0 Å². The molecule has 2 rings (SSSR count). The molecule has 3 unspecified atom stereocenters. The summed E-state index contributed by atoms with van der Waals surface area (Å²) in [5.41, 5.74) is -1.75. The van der Waals surface area contributed by atoms with Crippen LogP contribution in [0.25, 0.3) is 0 Å². The second-order valence-corrected chi connectivity index (χ2v) is 5.48. The summed E-state index contributed by atoms with van der Waals surface area (Å²) in [5.74, 6) is -0.413. The minimum absolute atomic E-state index is 0.0429. The number of nitrogens with one attached hydrogen (secondary N) is 1. The van der Waals surface area contributed by atoms with Crippen LogP contribution in [0, 0.1) is 11.8 Å². The number of aromatic carboxylic acids is 1. The molecule has 3 atom stereocenters. The largest absolute Gasteiger partial charge is 0.477 e. The van der Waals surface area contributed by atoms with Gasteiger partial charge >= 0.3 is 11.7 Å².